The van der Waals surface area contributed by atoms with Crippen molar-refractivity contribution in [3.63, 3.8) is 0 Å². The topological polar surface area (TPSA) is 57.5 Å². The molecule has 14 heavy (non-hydrogen) atoms. The van der Waals surface area contributed by atoms with Crippen molar-refractivity contribution in [1.82, 2.24) is 0 Å². The number of aliphatic carboxylic acids is 1. The molecule has 0 saturated carbocycles. The van der Waals surface area contributed by atoms with E-state index in [0.29, 0.717) is 0 Å². The maximum absolute atomic E-state index is 10.4. The highest BCUT2D eigenvalue weighted by atomic mass is 16.4. The molecular weight excluding hydrogens is 180 g/mol. The minimum atomic E-state index is -1.31. The molecule has 0 saturated heterocycles. The second-order valence-electron chi connectivity index (χ2n) is 3.55. The van der Waals surface area contributed by atoms with E-state index in [1.807, 2.05) is 32.0 Å². The van der Waals surface area contributed by atoms with Crippen molar-refractivity contribution in [1.29, 1.82) is 0 Å². The molecule has 0 spiro atoms. The lowest BCUT2D eigenvalue weighted by atomic mass is 10.0. The molecule has 0 radical (unpaired) electrons. The van der Waals surface area contributed by atoms with Crippen molar-refractivity contribution >= 4 is 5.97 Å². The molecule has 0 aliphatic carbocycles. The van der Waals surface area contributed by atoms with Gasteiger partial charge in [-0.2, -0.15) is 0 Å². The van der Waals surface area contributed by atoms with Crippen molar-refractivity contribution in [3.05, 3.63) is 34.9 Å². The second-order valence-corrected chi connectivity index (χ2v) is 3.55. The van der Waals surface area contributed by atoms with Gasteiger partial charge in [-0.25, -0.2) is 4.79 Å². The summed E-state index contributed by atoms with van der Waals surface area (Å²) in [5.41, 5.74) is 3.02. The smallest absolute Gasteiger partial charge is 0.332 e. The third kappa shape index (κ3) is 2.85. The van der Waals surface area contributed by atoms with Crippen LogP contribution in [0.5, 0.6) is 0 Å². The van der Waals surface area contributed by atoms with Crippen LogP contribution in [0.3, 0.4) is 0 Å². The van der Waals surface area contributed by atoms with E-state index < -0.39 is 12.1 Å². The molecule has 0 aromatic heterocycles. The van der Waals surface area contributed by atoms with Crippen LogP contribution in [0.4, 0.5) is 0 Å². The summed E-state index contributed by atoms with van der Waals surface area (Å²) >= 11 is 0. The van der Waals surface area contributed by atoms with Crippen LogP contribution in [0.1, 0.15) is 16.7 Å². The minimum Gasteiger partial charge on any atom is -0.479 e. The Hall–Kier alpha value is -1.35. The van der Waals surface area contributed by atoms with Gasteiger partial charge >= 0.3 is 5.97 Å². The monoisotopic (exact) mass is 194 g/mol. The first-order valence-corrected chi connectivity index (χ1v) is 4.47. The van der Waals surface area contributed by atoms with Gasteiger partial charge in [-0.15, -0.1) is 0 Å². The van der Waals surface area contributed by atoms with Crippen LogP contribution < -0.4 is 0 Å². The molecule has 0 bridgehead atoms. The van der Waals surface area contributed by atoms with Gasteiger partial charge in [0, 0.05) is 6.42 Å². The Morgan fingerprint density at radius 1 is 1.29 bits per heavy atom. The second kappa shape index (κ2) is 4.24. The number of aryl methyl sites for hydroxylation is 2. The number of rotatable bonds is 3. The van der Waals surface area contributed by atoms with Crippen molar-refractivity contribution < 1.29 is 15.0 Å². The summed E-state index contributed by atoms with van der Waals surface area (Å²) < 4.78 is 0. The first kappa shape index (κ1) is 10.7. The summed E-state index contributed by atoms with van der Waals surface area (Å²) in [7, 11) is 0. The average molecular weight is 194 g/mol. The van der Waals surface area contributed by atoms with E-state index in [1.54, 1.807) is 0 Å². The number of carboxylic acids is 1. The Balaban J connectivity index is 2.81. The van der Waals surface area contributed by atoms with Crippen LogP contribution in [0.15, 0.2) is 18.2 Å². The number of benzene rings is 1. The number of hydrogen-bond donors (Lipinski definition) is 2. The molecule has 1 aromatic carbocycles. The number of hydrogen-bond acceptors (Lipinski definition) is 2. The van der Waals surface area contributed by atoms with Gasteiger partial charge in [0.2, 0.25) is 0 Å². The van der Waals surface area contributed by atoms with Gasteiger partial charge in [0.15, 0.2) is 6.10 Å². The minimum absolute atomic E-state index is 0.165. The van der Waals surface area contributed by atoms with Crippen LogP contribution in [0.25, 0.3) is 0 Å². The van der Waals surface area contributed by atoms with Gasteiger partial charge < -0.3 is 10.2 Å². The third-order valence-corrected chi connectivity index (χ3v) is 2.00. The first-order chi connectivity index (χ1) is 6.49. The van der Waals surface area contributed by atoms with Crippen molar-refractivity contribution in [2.75, 3.05) is 0 Å². The molecule has 1 atom stereocenters. The lowest BCUT2D eigenvalue weighted by Gasteiger charge is -2.07. The zero-order chi connectivity index (χ0) is 10.7. The summed E-state index contributed by atoms with van der Waals surface area (Å²) in [6.45, 7) is 3.90. The predicted molar refractivity (Wildman–Crippen MR) is 53.3 cm³/mol. The average Bonchev–Trinajstić information content (AvgIpc) is 2.01. The van der Waals surface area contributed by atoms with Gasteiger partial charge in [-0.1, -0.05) is 29.3 Å². The maximum Gasteiger partial charge on any atom is 0.332 e. The third-order valence-electron chi connectivity index (χ3n) is 2.00. The van der Waals surface area contributed by atoms with Gasteiger partial charge in [-0.3, -0.25) is 0 Å². The highest BCUT2D eigenvalue weighted by molar-refractivity contribution is 5.72. The fourth-order valence-electron chi connectivity index (χ4n) is 1.50. The predicted octanol–water partition coefficient (Wildman–Crippen LogP) is 1.29. The van der Waals surface area contributed by atoms with Crippen molar-refractivity contribution in [2.45, 2.75) is 26.4 Å². The van der Waals surface area contributed by atoms with E-state index >= 15 is 0 Å². The fourth-order valence-corrected chi connectivity index (χ4v) is 1.50. The fraction of sp³-hybridized carbons (Fsp3) is 0.364. The standard InChI is InChI=1S/C11H14O3/c1-7-3-8(2)5-9(4-7)6-10(12)11(13)14/h3-5,10,12H,6H2,1-2H3,(H,13,14). The summed E-state index contributed by atoms with van der Waals surface area (Å²) in [5.74, 6) is -1.18. The van der Waals surface area contributed by atoms with E-state index in [-0.39, 0.29) is 6.42 Å². The molecule has 1 rings (SSSR count). The maximum atomic E-state index is 10.4. The molecule has 0 fully saturated rings. The van der Waals surface area contributed by atoms with Gasteiger partial charge in [-0.05, 0) is 19.4 Å². The molecule has 1 unspecified atom stereocenters. The van der Waals surface area contributed by atoms with E-state index in [2.05, 4.69) is 0 Å². The molecule has 0 aliphatic heterocycles. The van der Waals surface area contributed by atoms with Crippen LogP contribution in [-0.2, 0) is 11.2 Å². The van der Waals surface area contributed by atoms with E-state index in [4.69, 9.17) is 10.2 Å². The zero-order valence-corrected chi connectivity index (χ0v) is 8.32. The highest BCUT2D eigenvalue weighted by Crippen LogP contribution is 2.10. The largest absolute Gasteiger partial charge is 0.479 e. The number of aliphatic hydroxyl groups excluding tert-OH is 1. The van der Waals surface area contributed by atoms with Crippen LogP contribution in [0.2, 0.25) is 0 Å². The molecule has 76 valence electrons. The molecule has 3 heteroatoms. The SMILES string of the molecule is Cc1cc(C)cc(CC(O)C(=O)O)c1. The quantitative estimate of drug-likeness (QED) is 0.762. The van der Waals surface area contributed by atoms with E-state index in [9.17, 15) is 4.79 Å². The number of carboxylic acid groups (broad SMARTS) is 1. The normalized spacial score (nSPS) is 12.5. The summed E-state index contributed by atoms with van der Waals surface area (Å²) in [6.07, 6.45) is -1.14. The zero-order valence-electron chi connectivity index (χ0n) is 8.32. The highest BCUT2D eigenvalue weighted by Gasteiger charge is 2.13. The molecule has 0 amide bonds. The van der Waals surface area contributed by atoms with Crippen molar-refractivity contribution in [2.24, 2.45) is 0 Å². The molecule has 0 heterocycles. The lowest BCUT2D eigenvalue weighted by Crippen LogP contribution is -2.22. The van der Waals surface area contributed by atoms with E-state index in [0.717, 1.165) is 16.7 Å². The molecule has 2 N–H and O–H groups in total. The Kier molecular flexibility index (Phi) is 3.25. The Morgan fingerprint density at radius 3 is 2.21 bits per heavy atom. The van der Waals surface area contributed by atoms with Crippen LogP contribution in [0, 0.1) is 13.8 Å². The van der Waals surface area contributed by atoms with Gasteiger partial charge in [0.05, 0.1) is 0 Å². The van der Waals surface area contributed by atoms with E-state index in [1.165, 1.54) is 0 Å². The summed E-state index contributed by atoms with van der Waals surface area (Å²) in [5, 5.41) is 17.7. The number of aliphatic hydroxyl groups is 1. The van der Waals surface area contributed by atoms with Gasteiger partial charge in [0.25, 0.3) is 0 Å². The Morgan fingerprint density at radius 2 is 1.79 bits per heavy atom. The number of carbonyl (C=O) groups is 1. The molecular formula is C11H14O3. The Bertz CT molecular complexity index is 324. The van der Waals surface area contributed by atoms with Crippen LogP contribution >= 0.6 is 0 Å². The first-order valence-electron chi connectivity index (χ1n) is 4.47. The molecule has 0 aliphatic rings. The van der Waals surface area contributed by atoms with Gasteiger partial charge in [0.1, 0.15) is 0 Å². The summed E-state index contributed by atoms with van der Waals surface area (Å²) in [6, 6.07) is 5.79. The summed E-state index contributed by atoms with van der Waals surface area (Å²) in [4.78, 5) is 10.4. The van der Waals surface area contributed by atoms with Crippen LogP contribution in [-0.4, -0.2) is 22.3 Å². The molecule has 3 nitrogen and oxygen atoms in total. The van der Waals surface area contributed by atoms with Crippen molar-refractivity contribution in [3.8, 4) is 0 Å². The lowest BCUT2D eigenvalue weighted by molar-refractivity contribution is -0.146. The molecule has 1 aromatic rings. The Labute approximate surface area is 83.0 Å².